The van der Waals surface area contributed by atoms with Crippen LogP contribution in [0.2, 0.25) is 10.0 Å². The van der Waals surface area contributed by atoms with Crippen LogP contribution in [0.1, 0.15) is 40.9 Å². The maximum Gasteiger partial charge on any atom is 0.338 e. The number of hydrogen-bond acceptors (Lipinski definition) is 3. The zero-order valence-corrected chi connectivity index (χ0v) is 15.7. The Morgan fingerprint density at radius 2 is 1.79 bits per heavy atom. The lowest BCUT2D eigenvalue weighted by Gasteiger charge is -2.15. The third kappa shape index (κ3) is 4.43. The Hall–Kier alpha value is -1.71. The second kappa shape index (κ2) is 7.91. The predicted octanol–water partition coefficient (Wildman–Crippen LogP) is 5.75. The van der Waals surface area contributed by atoms with Crippen LogP contribution in [0.15, 0.2) is 30.3 Å². The average molecular weight is 367 g/mol. The molecular formula is C19H20Cl2O3. The van der Waals surface area contributed by atoms with Crippen molar-refractivity contribution in [2.75, 3.05) is 0 Å². The monoisotopic (exact) mass is 366 g/mol. The molecule has 0 atom stereocenters. The Balaban J connectivity index is 2.27. The fraction of sp³-hybridized carbons (Fsp3) is 0.316. The van der Waals surface area contributed by atoms with Gasteiger partial charge in [-0.1, -0.05) is 35.3 Å². The quantitative estimate of drug-likeness (QED) is 0.631. The van der Waals surface area contributed by atoms with Gasteiger partial charge in [0.2, 0.25) is 0 Å². The molecule has 0 aliphatic carbocycles. The van der Waals surface area contributed by atoms with E-state index in [9.17, 15) is 4.79 Å². The molecule has 0 radical (unpaired) electrons. The third-order valence-electron chi connectivity index (χ3n) is 3.51. The van der Waals surface area contributed by atoms with Gasteiger partial charge in [-0.05, 0) is 57.0 Å². The molecule has 24 heavy (non-hydrogen) atoms. The van der Waals surface area contributed by atoms with Gasteiger partial charge in [-0.3, -0.25) is 0 Å². The summed E-state index contributed by atoms with van der Waals surface area (Å²) in [4.78, 5) is 12.2. The van der Waals surface area contributed by atoms with Crippen molar-refractivity contribution in [3.05, 3.63) is 62.6 Å². The van der Waals surface area contributed by atoms with Gasteiger partial charge in [0.05, 0.1) is 11.7 Å². The van der Waals surface area contributed by atoms with Crippen molar-refractivity contribution in [3.63, 3.8) is 0 Å². The smallest absolute Gasteiger partial charge is 0.338 e. The SMILES string of the molecule is Cc1cc(C)c(OCc2c(Cl)cccc2C(=O)OC(C)C)cc1Cl. The molecule has 0 aliphatic heterocycles. The maximum absolute atomic E-state index is 12.2. The number of hydrogen-bond donors (Lipinski definition) is 0. The van der Waals surface area contributed by atoms with Gasteiger partial charge in [0.25, 0.3) is 0 Å². The maximum atomic E-state index is 12.2. The van der Waals surface area contributed by atoms with E-state index < -0.39 is 5.97 Å². The minimum absolute atomic E-state index is 0.155. The van der Waals surface area contributed by atoms with E-state index in [0.717, 1.165) is 11.1 Å². The zero-order valence-electron chi connectivity index (χ0n) is 14.2. The summed E-state index contributed by atoms with van der Waals surface area (Å²) in [5.41, 5.74) is 2.96. The van der Waals surface area contributed by atoms with E-state index in [2.05, 4.69) is 0 Å². The number of aryl methyl sites for hydroxylation is 2. The van der Waals surface area contributed by atoms with Gasteiger partial charge in [0, 0.05) is 15.6 Å². The van der Waals surface area contributed by atoms with Crippen LogP contribution in [0.25, 0.3) is 0 Å². The molecule has 0 spiro atoms. The molecule has 0 fully saturated rings. The van der Waals surface area contributed by atoms with Crippen molar-refractivity contribution < 1.29 is 14.3 Å². The van der Waals surface area contributed by atoms with Gasteiger partial charge in [-0.2, -0.15) is 0 Å². The van der Waals surface area contributed by atoms with Gasteiger partial charge in [0.15, 0.2) is 0 Å². The minimum atomic E-state index is -0.412. The number of ether oxygens (including phenoxy) is 2. The van der Waals surface area contributed by atoms with Crippen LogP contribution < -0.4 is 4.74 Å². The van der Waals surface area contributed by atoms with Crippen molar-refractivity contribution in [2.24, 2.45) is 0 Å². The van der Waals surface area contributed by atoms with Gasteiger partial charge in [-0.25, -0.2) is 4.79 Å². The Kier molecular flexibility index (Phi) is 6.14. The Morgan fingerprint density at radius 3 is 2.46 bits per heavy atom. The molecule has 5 heteroatoms. The van der Waals surface area contributed by atoms with Crippen molar-refractivity contribution in [1.82, 2.24) is 0 Å². The summed E-state index contributed by atoms with van der Waals surface area (Å²) < 4.78 is 11.1. The Morgan fingerprint density at radius 1 is 1.08 bits per heavy atom. The first-order valence-corrected chi connectivity index (χ1v) is 8.43. The Labute approximate surface area is 152 Å². The van der Waals surface area contributed by atoms with Crippen LogP contribution in [0.3, 0.4) is 0 Å². The van der Waals surface area contributed by atoms with Gasteiger partial charge in [-0.15, -0.1) is 0 Å². The summed E-state index contributed by atoms with van der Waals surface area (Å²) in [5, 5.41) is 1.10. The van der Waals surface area contributed by atoms with Crippen molar-refractivity contribution in [2.45, 2.75) is 40.4 Å². The largest absolute Gasteiger partial charge is 0.488 e. The molecule has 0 aromatic heterocycles. The highest BCUT2D eigenvalue weighted by Crippen LogP contribution is 2.29. The van der Waals surface area contributed by atoms with E-state index in [1.807, 2.05) is 19.9 Å². The van der Waals surface area contributed by atoms with Gasteiger partial charge < -0.3 is 9.47 Å². The first-order chi connectivity index (χ1) is 11.3. The van der Waals surface area contributed by atoms with Crippen LogP contribution in [-0.2, 0) is 11.3 Å². The highest BCUT2D eigenvalue weighted by Gasteiger charge is 2.17. The second-order valence-corrected chi connectivity index (χ2v) is 6.69. The highest BCUT2D eigenvalue weighted by molar-refractivity contribution is 6.32. The molecule has 0 unspecified atom stereocenters. The lowest BCUT2D eigenvalue weighted by molar-refractivity contribution is 0.0375. The van der Waals surface area contributed by atoms with Crippen LogP contribution in [0.5, 0.6) is 5.75 Å². The van der Waals surface area contributed by atoms with Crippen LogP contribution in [0.4, 0.5) is 0 Å². The fourth-order valence-electron chi connectivity index (χ4n) is 2.29. The molecule has 0 N–H and O–H groups in total. The zero-order chi connectivity index (χ0) is 17.9. The lowest BCUT2D eigenvalue weighted by Crippen LogP contribution is -2.15. The number of rotatable bonds is 5. The molecule has 3 nitrogen and oxygen atoms in total. The molecule has 0 amide bonds. The molecule has 2 rings (SSSR count). The molecule has 0 saturated carbocycles. The molecule has 128 valence electrons. The number of benzene rings is 2. The van der Waals surface area contributed by atoms with E-state index in [0.29, 0.717) is 26.9 Å². The number of esters is 1. The van der Waals surface area contributed by atoms with Crippen molar-refractivity contribution >= 4 is 29.2 Å². The van der Waals surface area contributed by atoms with Crippen LogP contribution in [0, 0.1) is 13.8 Å². The standard InChI is InChI=1S/C19H20Cl2O3/c1-11(2)24-19(22)14-6-5-7-16(20)15(14)10-23-18-9-17(21)12(3)8-13(18)4/h5-9,11H,10H2,1-4H3. The predicted molar refractivity (Wildman–Crippen MR) is 97.3 cm³/mol. The first-order valence-electron chi connectivity index (χ1n) is 7.67. The third-order valence-corrected chi connectivity index (χ3v) is 4.27. The summed E-state index contributed by atoms with van der Waals surface area (Å²) in [7, 11) is 0. The normalized spacial score (nSPS) is 10.8. The molecule has 0 heterocycles. The summed E-state index contributed by atoms with van der Waals surface area (Å²) in [6, 6.07) is 8.86. The van der Waals surface area contributed by atoms with Crippen LogP contribution >= 0.6 is 23.2 Å². The Bertz CT molecular complexity index is 755. The van der Waals surface area contributed by atoms with E-state index in [1.54, 1.807) is 38.1 Å². The summed E-state index contributed by atoms with van der Waals surface area (Å²) in [6.07, 6.45) is -0.205. The molecule has 0 saturated heterocycles. The van der Waals surface area contributed by atoms with E-state index in [4.69, 9.17) is 32.7 Å². The lowest BCUT2D eigenvalue weighted by atomic mass is 10.1. The summed E-state index contributed by atoms with van der Waals surface area (Å²) in [6.45, 7) is 7.64. The number of carbonyl (C=O) groups excluding carboxylic acids is 1. The van der Waals surface area contributed by atoms with Gasteiger partial charge in [0.1, 0.15) is 12.4 Å². The second-order valence-electron chi connectivity index (χ2n) is 5.88. The fourth-order valence-corrected chi connectivity index (χ4v) is 2.67. The van der Waals surface area contributed by atoms with Crippen molar-refractivity contribution in [1.29, 1.82) is 0 Å². The minimum Gasteiger partial charge on any atom is -0.488 e. The first kappa shape index (κ1) is 18.6. The molecular weight excluding hydrogens is 347 g/mol. The molecule has 2 aromatic carbocycles. The average Bonchev–Trinajstić information content (AvgIpc) is 2.49. The number of halogens is 2. The molecule has 2 aromatic rings. The molecule has 0 bridgehead atoms. The summed E-state index contributed by atoms with van der Waals surface area (Å²) in [5.74, 6) is 0.249. The highest BCUT2D eigenvalue weighted by atomic mass is 35.5. The van der Waals surface area contributed by atoms with E-state index in [-0.39, 0.29) is 12.7 Å². The number of carbonyl (C=O) groups is 1. The van der Waals surface area contributed by atoms with E-state index >= 15 is 0 Å². The summed E-state index contributed by atoms with van der Waals surface area (Å²) >= 11 is 12.4. The van der Waals surface area contributed by atoms with E-state index in [1.165, 1.54) is 0 Å². The van der Waals surface area contributed by atoms with Gasteiger partial charge >= 0.3 is 5.97 Å². The van der Waals surface area contributed by atoms with Crippen LogP contribution in [-0.4, -0.2) is 12.1 Å². The molecule has 0 aliphatic rings. The van der Waals surface area contributed by atoms with Crippen molar-refractivity contribution in [3.8, 4) is 5.75 Å². The topological polar surface area (TPSA) is 35.5 Å².